The van der Waals surface area contributed by atoms with Crippen LogP contribution >= 0.6 is 0 Å². The molecule has 15 heavy (non-hydrogen) atoms. The molecule has 0 aromatic carbocycles. The van der Waals surface area contributed by atoms with Crippen LogP contribution in [0.5, 0.6) is 0 Å². The first-order valence-electron chi connectivity index (χ1n) is 4.38. The van der Waals surface area contributed by atoms with Gasteiger partial charge in [0.15, 0.2) is 0 Å². The van der Waals surface area contributed by atoms with Crippen molar-refractivity contribution in [2.75, 3.05) is 26.7 Å². The Labute approximate surface area is 86.9 Å². The molecule has 0 saturated heterocycles. The first kappa shape index (κ1) is 14.0. The van der Waals surface area contributed by atoms with E-state index in [1.165, 1.54) is 11.9 Å². The molecule has 3 nitrogen and oxygen atoms in total. The van der Waals surface area contributed by atoms with E-state index in [-0.39, 0.29) is 12.5 Å². The van der Waals surface area contributed by atoms with Crippen LogP contribution in [-0.4, -0.2) is 43.7 Å². The van der Waals surface area contributed by atoms with Crippen LogP contribution in [0, 0.1) is 0 Å². The van der Waals surface area contributed by atoms with Crippen LogP contribution in [-0.2, 0) is 4.79 Å². The molecule has 0 aromatic heterocycles. The Morgan fingerprint density at radius 2 is 2.00 bits per heavy atom. The Morgan fingerprint density at radius 1 is 1.47 bits per heavy atom. The fourth-order valence-electron chi connectivity index (χ4n) is 0.939. The summed E-state index contributed by atoms with van der Waals surface area (Å²) in [6.45, 7) is 4.23. The lowest BCUT2D eigenvalue weighted by Gasteiger charge is -2.17. The number of hydrogen-bond donors (Lipinski definition) is 1. The second kappa shape index (κ2) is 5.75. The van der Waals surface area contributed by atoms with Crippen LogP contribution in [0.1, 0.15) is 6.92 Å². The zero-order valence-electron chi connectivity index (χ0n) is 8.82. The van der Waals surface area contributed by atoms with Gasteiger partial charge in [-0.2, -0.15) is 13.2 Å². The molecule has 0 aromatic rings. The number of nitrogens with one attached hydrogen (secondary N) is 1. The molecule has 0 fully saturated rings. The summed E-state index contributed by atoms with van der Waals surface area (Å²) in [5.41, 5.74) is 0.779. The van der Waals surface area contributed by atoms with Crippen LogP contribution in [0.15, 0.2) is 12.2 Å². The molecule has 0 spiro atoms. The zero-order chi connectivity index (χ0) is 12.1. The molecule has 0 radical (unpaired) electrons. The van der Waals surface area contributed by atoms with E-state index in [1.54, 1.807) is 6.92 Å². The van der Waals surface area contributed by atoms with Gasteiger partial charge in [-0.25, -0.2) is 0 Å². The van der Waals surface area contributed by atoms with Crippen molar-refractivity contribution in [1.29, 1.82) is 0 Å². The first-order valence-corrected chi connectivity index (χ1v) is 4.38. The van der Waals surface area contributed by atoms with Crippen LogP contribution in [0.2, 0.25) is 0 Å². The molecule has 0 unspecified atom stereocenters. The highest BCUT2D eigenvalue weighted by Gasteiger charge is 2.26. The summed E-state index contributed by atoms with van der Waals surface area (Å²) in [5.74, 6) is -0.387. The van der Waals surface area contributed by atoms with Gasteiger partial charge in [-0.05, 0) is 6.92 Å². The molecule has 0 bridgehead atoms. The maximum Gasteiger partial charge on any atom is 0.401 e. The van der Waals surface area contributed by atoms with E-state index in [2.05, 4.69) is 6.58 Å². The number of rotatable bonds is 5. The summed E-state index contributed by atoms with van der Waals surface area (Å²) < 4.78 is 35.1. The minimum absolute atomic E-state index is 0.316. The molecule has 0 aliphatic carbocycles. The number of likely N-dealkylation sites (N-methyl/N-ethyl adjacent to an activating group) is 1. The van der Waals surface area contributed by atoms with Crippen molar-refractivity contribution in [1.82, 2.24) is 10.2 Å². The van der Waals surface area contributed by atoms with Gasteiger partial charge in [0, 0.05) is 13.6 Å². The molecule has 0 saturated carbocycles. The number of hydrogen-bond acceptors (Lipinski definition) is 2. The topological polar surface area (TPSA) is 32.3 Å². The monoisotopic (exact) mass is 224 g/mol. The molecule has 88 valence electrons. The van der Waals surface area contributed by atoms with E-state index in [4.69, 9.17) is 0 Å². The highest BCUT2D eigenvalue weighted by Crippen LogP contribution is 2.11. The molecule has 0 atom stereocenters. The molecular weight excluding hydrogens is 209 g/mol. The van der Waals surface area contributed by atoms with Crippen molar-refractivity contribution in [2.24, 2.45) is 0 Å². The number of amides is 1. The Kier molecular flexibility index (Phi) is 5.35. The lowest BCUT2D eigenvalue weighted by Crippen LogP contribution is -2.39. The normalized spacial score (nSPS) is 11.3. The predicted octanol–water partition coefficient (Wildman–Crippen LogP) is 1.17. The Morgan fingerprint density at radius 3 is 2.40 bits per heavy atom. The number of alkyl halides is 3. The van der Waals surface area contributed by atoms with Gasteiger partial charge in [-0.3, -0.25) is 4.79 Å². The van der Waals surface area contributed by atoms with Gasteiger partial charge in [0.1, 0.15) is 0 Å². The van der Waals surface area contributed by atoms with Gasteiger partial charge >= 0.3 is 6.18 Å². The third-order valence-electron chi connectivity index (χ3n) is 1.53. The minimum Gasteiger partial charge on any atom is -0.341 e. The Balaban J connectivity index is 3.79. The third kappa shape index (κ3) is 7.99. The van der Waals surface area contributed by atoms with Gasteiger partial charge in [-0.15, -0.1) is 0 Å². The van der Waals surface area contributed by atoms with Gasteiger partial charge in [0.2, 0.25) is 5.91 Å². The number of carbonyl (C=O) groups is 1. The first-order chi connectivity index (χ1) is 6.72. The van der Waals surface area contributed by atoms with Crippen molar-refractivity contribution in [2.45, 2.75) is 13.1 Å². The van der Waals surface area contributed by atoms with E-state index < -0.39 is 12.7 Å². The quantitative estimate of drug-likeness (QED) is 0.711. The van der Waals surface area contributed by atoms with Gasteiger partial charge in [0.05, 0.1) is 13.1 Å². The summed E-state index contributed by atoms with van der Waals surface area (Å²) in [4.78, 5) is 12.5. The van der Waals surface area contributed by atoms with Crippen LogP contribution in [0.4, 0.5) is 13.2 Å². The molecule has 0 rings (SSSR count). The summed E-state index contributed by atoms with van der Waals surface area (Å²) in [6, 6.07) is 0. The summed E-state index contributed by atoms with van der Waals surface area (Å²) in [7, 11) is 1.52. The second-order valence-electron chi connectivity index (χ2n) is 3.43. The lowest BCUT2D eigenvalue weighted by atomic mass is 10.3. The zero-order valence-corrected chi connectivity index (χ0v) is 8.82. The number of carbonyl (C=O) groups excluding carboxylic acids is 1. The molecule has 1 N–H and O–H groups in total. The highest BCUT2D eigenvalue weighted by molar-refractivity contribution is 5.78. The maximum atomic E-state index is 11.7. The maximum absolute atomic E-state index is 11.7. The Hall–Kier alpha value is -1.04. The third-order valence-corrected chi connectivity index (χ3v) is 1.53. The molecule has 0 aliphatic rings. The van der Waals surface area contributed by atoms with Gasteiger partial charge in [0.25, 0.3) is 0 Å². The molecule has 1 amide bonds. The molecule has 6 heteroatoms. The van der Waals surface area contributed by atoms with Gasteiger partial charge < -0.3 is 10.2 Å². The van der Waals surface area contributed by atoms with E-state index in [0.29, 0.717) is 6.54 Å². The summed E-state index contributed by atoms with van der Waals surface area (Å²) in [5, 5.41) is 2.03. The van der Waals surface area contributed by atoms with Crippen LogP contribution < -0.4 is 5.32 Å². The standard InChI is InChI=1S/C9H15F3N2O/c1-7(2)5-14(3)8(15)4-13-6-9(10,11)12/h13H,1,4-6H2,2-3H3. The molecular formula is C9H15F3N2O. The van der Waals surface area contributed by atoms with Crippen molar-refractivity contribution in [3.05, 3.63) is 12.2 Å². The van der Waals surface area contributed by atoms with Crippen molar-refractivity contribution < 1.29 is 18.0 Å². The van der Waals surface area contributed by atoms with Crippen molar-refractivity contribution >= 4 is 5.91 Å². The van der Waals surface area contributed by atoms with E-state index in [1.807, 2.05) is 5.32 Å². The fraction of sp³-hybridized carbons (Fsp3) is 0.667. The average Bonchev–Trinajstić information content (AvgIpc) is 2.00. The van der Waals surface area contributed by atoms with E-state index in [9.17, 15) is 18.0 Å². The largest absolute Gasteiger partial charge is 0.401 e. The fourth-order valence-corrected chi connectivity index (χ4v) is 0.939. The van der Waals surface area contributed by atoms with Crippen molar-refractivity contribution in [3.8, 4) is 0 Å². The minimum atomic E-state index is -4.28. The van der Waals surface area contributed by atoms with Gasteiger partial charge in [-0.1, -0.05) is 12.2 Å². The smallest absolute Gasteiger partial charge is 0.341 e. The Bertz CT molecular complexity index is 238. The lowest BCUT2D eigenvalue weighted by molar-refractivity contribution is -0.133. The molecule has 0 heterocycles. The van der Waals surface area contributed by atoms with E-state index in [0.717, 1.165) is 5.57 Å². The van der Waals surface area contributed by atoms with Crippen LogP contribution in [0.25, 0.3) is 0 Å². The molecule has 0 aliphatic heterocycles. The number of nitrogens with zero attached hydrogens (tertiary/aromatic N) is 1. The highest BCUT2D eigenvalue weighted by atomic mass is 19.4. The summed E-state index contributed by atoms with van der Waals surface area (Å²) in [6.07, 6.45) is -4.28. The van der Waals surface area contributed by atoms with Crippen molar-refractivity contribution in [3.63, 3.8) is 0 Å². The number of halogens is 3. The SMILES string of the molecule is C=C(C)CN(C)C(=O)CNCC(F)(F)F. The average molecular weight is 224 g/mol. The second-order valence-corrected chi connectivity index (χ2v) is 3.43. The predicted molar refractivity (Wildman–Crippen MR) is 51.4 cm³/mol. The summed E-state index contributed by atoms with van der Waals surface area (Å²) >= 11 is 0. The van der Waals surface area contributed by atoms with E-state index >= 15 is 0 Å². The van der Waals surface area contributed by atoms with Crippen LogP contribution in [0.3, 0.4) is 0 Å².